The summed E-state index contributed by atoms with van der Waals surface area (Å²) in [6, 6.07) is 12.2. The Hall–Kier alpha value is -2.19. The minimum absolute atomic E-state index is 0.00788. The largest absolute Gasteiger partial charge is 0.496 e. The molecular weight excluding hydrogens is 323 g/mol. The van der Waals surface area contributed by atoms with Crippen LogP contribution in [0.15, 0.2) is 42.5 Å². The molecule has 5 heteroatoms. The van der Waals surface area contributed by atoms with Crippen LogP contribution in [0.1, 0.15) is 36.2 Å². The molecule has 2 aromatic rings. The van der Waals surface area contributed by atoms with E-state index in [2.05, 4.69) is 0 Å². The van der Waals surface area contributed by atoms with Crippen molar-refractivity contribution in [1.82, 2.24) is 0 Å². The van der Waals surface area contributed by atoms with Crippen molar-refractivity contribution in [3.8, 4) is 11.5 Å². The first-order valence-corrected chi connectivity index (χ1v) is 9.19. The highest BCUT2D eigenvalue weighted by atomic mass is 31.1. The maximum atomic E-state index is 13.2. The molecular formula is C19H22O4P. The number of carbonyl (C=O) groups is 1. The zero-order valence-corrected chi connectivity index (χ0v) is 15.3. The van der Waals surface area contributed by atoms with Gasteiger partial charge in [-0.3, -0.25) is 9.36 Å². The molecule has 2 atom stereocenters. The maximum absolute atomic E-state index is 13.2. The van der Waals surface area contributed by atoms with Gasteiger partial charge >= 0.3 is 0 Å². The van der Waals surface area contributed by atoms with E-state index < -0.39 is 7.80 Å². The van der Waals surface area contributed by atoms with Gasteiger partial charge in [0.2, 0.25) is 5.78 Å². The molecule has 4 nitrogen and oxygen atoms in total. The fraction of sp³-hybridized carbons (Fsp3) is 0.316. The van der Waals surface area contributed by atoms with Crippen molar-refractivity contribution in [2.45, 2.75) is 25.9 Å². The van der Waals surface area contributed by atoms with E-state index in [1.807, 2.05) is 13.8 Å². The summed E-state index contributed by atoms with van der Waals surface area (Å²) in [7, 11) is 1.36. The van der Waals surface area contributed by atoms with Crippen LogP contribution in [0, 0.1) is 0 Å². The van der Waals surface area contributed by atoms with E-state index in [0.29, 0.717) is 27.9 Å². The Balaban J connectivity index is 2.59. The highest BCUT2D eigenvalue weighted by molar-refractivity contribution is 7.54. The molecule has 0 bridgehead atoms. The first kappa shape index (κ1) is 18.2. The summed E-state index contributed by atoms with van der Waals surface area (Å²) in [5.41, 5.74) is 0.790. The molecule has 24 heavy (non-hydrogen) atoms. The second-order valence-corrected chi connectivity index (χ2v) is 7.48. The van der Waals surface area contributed by atoms with Gasteiger partial charge in [-0.15, -0.1) is 0 Å². The van der Waals surface area contributed by atoms with Crippen molar-refractivity contribution in [2.24, 2.45) is 0 Å². The van der Waals surface area contributed by atoms with E-state index >= 15 is 0 Å². The van der Waals surface area contributed by atoms with Crippen LogP contribution in [0.4, 0.5) is 0 Å². The lowest BCUT2D eigenvalue weighted by molar-refractivity contribution is 0.103. The Morgan fingerprint density at radius 1 is 1.04 bits per heavy atom. The zero-order chi connectivity index (χ0) is 17.7. The molecule has 0 amide bonds. The van der Waals surface area contributed by atoms with E-state index in [4.69, 9.17) is 9.47 Å². The van der Waals surface area contributed by atoms with E-state index in [0.717, 1.165) is 6.42 Å². The lowest BCUT2D eigenvalue weighted by atomic mass is 10.0. The predicted octanol–water partition coefficient (Wildman–Crippen LogP) is 4.19. The van der Waals surface area contributed by atoms with Crippen molar-refractivity contribution in [3.63, 3.8) is 0 Å². The van der Waals surface area contributed by atoms with Crippen molar-refractivity contribution in [2.75, 3.05) is 14.2 Å². The number of ketones is 1. The fourth-order valence-corrected chi connectivity index (χ4v) is 3.92. The summed E-state index contributed by atoms with van der Waals surface area (Å²) in [5, 5.41) is 0.583. The third-order valence-electron chi connectivity index (χ3n) is 4.03. The molecule has 0 saturated heterocycles. The molecule has 0 saturated carbocycles. The Bertz CT molecular complexity index is 733. The number of rotatable bonds is 7. The van der Waals surface area contributed by atoms with E-state index in [1.165, 1.54) is 14.2 Å². The number of hydrogen-bond acceptors (Lipinski definition) is 4. The van der Waals surface area contributed by atoms with Crippen LogP contribution in [0.25, 0.3) is 0 Å². The molecule has 0 aliphatic carbocycles. The van der Waals surface area contributed by atoms with Gasteiger partial charge in [-0.2, -0.15) is 0 Å². The zero-order valence-electron chi connectivity index (χ0n) is 14.4. The molecule has 0 fully saturated rings. The highest BCUT2D eigenvalue weighted by Gasteiger charge is 2.25. The first-order chi connectivity index (χ1) is 11.5. The lowest BCUT2D eigenvalue weighted by Gasteiger charge is -2.15. The Kier molecular flexibility index (Phi) is 6.10. The van der Waals surface area contributed by atoms with E-state index in [-0.39, 0.29) is 11.4 Å². The third-order valence-corrected chi connectivity index (χ3v) is 6.06. The average Bonchev–Trinajstić information content (AvgIpc) is 2.65. The standard InChI is InChI=1S/C19H22O4P/c1-5-13(2)24(21)17-12-7-6-9-14(17)19(20)18-15(22-3)10-8-11-16(18)23-4/h6-13H,5H2,1-4H3. The summed E-state index contributed by atoms with van der Waals surface area (Å²) in [6.45, 7) is 3.93. The SMILES string of the molecule is CCC(C)[P](=O)c1ccccc1C(=O)c1c(OC)cccc1OC. The number of benzene rings is 2. The van der Waals surface area contributed by atoms with Gasteiger partial charge < -0.3 is 9.47 Å². The normalized spacial score (nSPS) is 12.4. The monoisotopic (exact) mass is 345 g/mol. The van der Waals surface area contributed by atoms with Crippen LogP contribution in [0.5, 0.6) is 11.5 Å². The van der Waals surface area contributed by atoms with Crippen molar-refractivity contribution < 1.29 is 18.8 Å². The molecule has 2 rings (SSSR count). The van der Waals surface area contributed by atoms with Gasteiger partial charge in [0.05, 0.1) is 14.2 Å². The molecule has 127 valence electrons. The number of ether oxygens (including phenoxy) is 2. The molecule has 1 radical (unpaired) electrons. The molecule has 0 aromatic heterocycles. The average molecular weight is 345 g/mol. The van der Waals surface area contributed by atoms with Crippen LogP contribution >= 0.6 is 7.80 Å². The first-order valence-electron chi connectivity index (χ1n) is 7.86. The lowest BCUT2D eigenvalue weighted by Crippen LogP contribution is -2.17. The molecule has 0 spiro atoms. The topological polar surface area (TPSA) is 52.6 Å². The van der Waals surface area contributed by atoms with Crippen LogP contribution < -0.4 is 14.8 Å². The van der Waals surface area contributed by atoms with Crippen LogP contribution in [0.2, 0.25) is 0 Å². The smallest absolute Gasteiger partial charge is 0.201 e. The third kappa shape index (κ3) is 3.49. The predicted molar refractivity (Wildman–Crippen MR) is 96.4 cm³/mol. The summed E-state index contributed by atoms with van der Waals surface area (Å²) >= 11 is 0. The highest BCUT2D eigenvalue weighted by Crippen LogP contribution is 2.34. The number of hydrogen-bond donors (Lipinski definition) is 0. The number of methoxy groups -OCH3 is 2. The Labute approximate surface area is 143 Å². The van der Waals surface area contributed by atoms with Gasteiger partial charge in [-0.25, -0.2) is 0 Å². The molecule has 2 aromatic carbocycles. The van der Waals surface area contributed by atoms with Gasteiger partial charge in [-0.05, 0) is 30.7 Å². The Morgan fingerprint density at radius 2 is 1.62 bits per heavy atom. The second kappa shape index (κ2) is 8.07. The van der Waals surface area contributed by atoms with E-state index in [1.54, 1.807) is 42.5 Å². The van der Waals surface area contributed by atoms with Gasteiger partial charge in [-0.1, -0.05) is 32.0 Å². The molecule has 2 unspecified atom stereocenters. The van der Waals surface area contributed by atoms with Gasteiger partial charge in [0.25, 0.3) is 0 Å². The summed E-state index contributed by atoms with van der Waals surface area (Å²) in [4.78, 5) is 13.2. The minimum Gasteiger partial charge on any atom is -0.496 e. The molecule has 0 aliphatic heterocycles. The summed E-state index contributed by atoms with van der Waals surface area (Å²) < 4.78 is 23.4. The quantitative estimate of drug-likeness (QED) is 0.558. The van der Waals surface area contributed by atoms with E-state index in [9.17, 15) is 9.36 Å². The summed E-state index contributed by atoms with van der Waals surface area (Å²) in [5.74, 6) is 0.632. The maximum Gasteiger partial charge on any atom is 0.201 e. The molecule has 0 heterocycles. The van der Waals surface area contributed by atoms with Crippen molar-refractivity contribution >= 4 is 18.9 Å². The Morgan fingerprint density at radius 3 is 2.17 bits per heavy atom. The van der Waals surface area contributed by atoms with Crippen LogP contribution in [0.3, 0.4) is 0 Å². The summed E-state index contributed by atoms with van der Waals surface area (Å²) in [6.07, 6.45) is 0.787. The molecule has 0 aliphatic rings. The fourth-order valence-electron chi connectivity index (χ4n) is 2.47. The second-order valence-electron chi connectivity index (χ2n) is 5.47. The van der Waals surface area contributed by atoms with Gasteiger partial charge in [0.15, 0.2) is 0 Å². The van der Waals surface area contributed by atoms with Crippen LogP contribution in [-0.4, -0.2) is 25.7 Å². The molecule has 0 N–H and O–H groups in total. The number of carbonyl (C=O) groups excluding carboxylic acids is 1. The minimum atomic E-state index is -1.66. The van der Waals surface area contributed by atoms with Crippen molar-refractivity contribution in [3.05, 3.63) is 53.6 Å². The van der Waals surface area contributed by atoms with Crippen molar-refractivity contribution in [1.29, 1.82) is 0 Å². The van der Waals surface area contributed by atoms with Crippen LogP contribution in [-0.2, 0) is 4.57 Å². The van der Waals surface area contributed by atoms with Gasteiger partial charge in [0.1, 0.15) is 24.9 Å². The van der Waals surface area contributed by atoms with Gasteiger partial charge in [0, 0.05) is 16.5 Å².